The SMILES string of the molecule is Cl.O=C(NCC1CNC1)c1ccc(-c2ccc3c(c2)OCCO3)s1. The lowest BCUT2D eigenvalue weighted by atomic mass is 10.0. The number of rotatable bonds is 4. The molecule has 24 heavy (non-hydrogen) atoms. The van der Waals surface area contributed by atoms with Crippen molar-refractivity contribution < 1.29 is 14.3 Å². The Balaban J connectivity index is 0.00000169. The molecule has 7 heteroatoms. The largest absolute Gasteiger partial charge is 0.486 e. The molecule has 0 radical (unpaired) electrons. The molecule has 1 aromatic heterocycles. The highest BCUT2D eigenvalue weighted by molar-refractivity contribution is 7.17. The van der Waals surface area contributed by atoms with Gasteiger partial charge < -0.3 is 20.1 Å². The van der Waals surface area contributed by atoms with Crippen molar-refractivity contribution >= 4 is 29.7 Å². The Kier molecular flexibility index (Phi) is 5.28. The van der Waals surface area contributed by atoms with Crippen LogP contribution < -0.4 is 20.1 Å². The molecule has 0 spiro atoms. The zero-order valence-electron chi connectivity index (χ0n) is 13.0. The molecule has 5 nitrogen and oxygen atoms in total. The van der Waals surface area contributed by atoms with Crippen LogP contribution in [0.15, 0.2) is 30.3 Å². The van der Waals surface area contributed by atoms with Gasteiger partial charge in [-0.15, -0.1) is 23.7 Å². The van der Waals surface area contributed by atoms with E-state index in [4.69, 9.17) is 9.47 Å². The summed E-state index contributed by atoms with van der Waals surface area (Å²) in [6, 6.07) is 9.76. The van der Waals surface area contributed by atoms with Crippen LogP contribution in [-0.4, -0.2) is 38.8 Å². The molecular formula is C17H19ClN2O3S. The second-order valence-corrected chi connectivity index (χ2v) is 6.84. The number of thiophene rings is 1. The maximum atomic E-state index is 12.2. The number of carbonyl (C=O) groups excluding carboxylic acids is 1. The minimum atomic E-state index is 0. The van der Waals surface area contributed by atoms with Crippen molar-refractivity contribution in [3.05, 3.63) is 35.2 Å². The fraction of sp³-hybridized carbons (Fsp3) is 0.353. The van der Waals surface area contributed by atoms with Gasteiger partial charge in [-0.3, -0.25) is 4.79 Å². The van der Waals surface area contributed by atoms with Gasteiger partial charge in [-0.25, -0.2) is 0 Å². The molecule has 1 saturated heterocycles. The smallest absolute Gasteiger partial charge is 0.261 e. The first kappa shape index (κ1) is 17.1. The lowest BCUT2D eigenvalue weighted by Gasteiger charge is -2.26. The maximum Gasteiger partial charge on any atom is 0.261 e. The zero-order valence-corrected chi connectivity index (χ0v) is 14.7. The Labute approximate surface area is 150 Å². The van der Waals surface area contributed by atoms with Crippen molar-refractivity contribution in [3.8, 4) is 21.9 Å². The van der Waals surface area contributed by atoms with E-state index in [1.165, 1.54) is 11.3 Å². The van der Waals surface area contributed by atoms with Crippen molar-refractivity contribution in [1.82, 2.24) is 10.6 Å². The molecule has 2 aliphatic rings. The fourth-order valence-electron chi connectivity index (χ4n) is 2.63. The van der Waals surface area contributed by atoms with Crippen LogP contribution in [-0.2, 0) is 0 Å². The van der Waals surface area contributed by atoms with E-state index in [9.17, 15) is 4.79 Å². The summed E-state index contributed by atoms with van der Waals surface area (Å²) in [5, 5.41) is 6.21. The first-order chi connectivity index (χ1) is 11.3. The van der Waals surface area contributed by atoms with E-state index in [1.807, 2.05) is 30.3 Å². The van der Waals surface area contributed by atoms with Crippen LogP contribution in [0.5, 0.6) is 11.5 Å². The van der Waals surface area contributed by atoms with Crippen LogP contribution in [0.4, 0.5) is 0 Å². The topological polar surface area (TPSA) is 59.6 Å². The van der Waals surface area contributed by atoms with Crippen LogP contribution in [0, 0.1) is 5.92 Å². The van der Waals surface area contributed by atoms with Crippen molar-refractivity contribution in [2.75, 3.05) is 32.8 Å². The number of nitrogens with one attached hydrogen (secondary N) is 2. The molecule has 2 N–H and O–H groups in total. The minimum Gasteiger partial charge on any atom is -0.486 e. The van der Waals surface area contributed by atoms with Gasteiger partial charge in [0, 0.05) is 30.4 Å². The number of hydrogen-bond donors (Lipinski definition) is 2. The van der Waals surface area contributed by atoms with Gasteiger partial charge in [0.1, 0.15) is 13.2 Å². The Morgan fingerprint density at radius 2 is 1.96 bits per heavy atom. The second kappa shape index (κ2) is 7.42. The van der Waals surface area contributed by atoms with E-state index in [2.05, 4.69) is 10.6 Å². The summed E-state index contributed by atoms with van der Waals surface area (Å²) in [4.78, 5) is 14.0. The molecule has 0 atom stereocenters. The molecule has 128 valence electrons. The van der Waals surface area contributed by atoms with E-state index in [0.717, 1.165) is 46.5 Å². The summed E-state index contributed by atoms with van der Waals surface area (Å²) < 4.78 is 11.2. The molecule has 1 amide bonds. The number of benzene rings is 1. The molecular weight excluding hydrogens is 348 g/mol. The molecule has 3 heterocycles. The molecule has 2 aliphatic heterocycles. The van der Waals surface area contributed by atoms with Gasteiger partial charge in [-0.2, -0.15) is 0 Å². The Hall–Kier alpha value is -1.76. The van der Waals surface area contributed by atoms with Crippen molar-refractivity contribution in [3.63, 3.8) is 0 Å². The van der Waals surface area contributed by atoms with Gasteiger partial charge in [0.25, 0.3) is 5.91 Å². The third-order valence-corrected chi connectivity index (χ3v) is 5.21. The van der Waals surface area contributed by atoms with Gasteiger partial charge in [0.2, 0.25) is 0 Å². The Morgan fingerprint density at radius 3 is 2.71 bits per heavy atom. The molecule has 0 unspecified atom stereocenters. The third kappa shape index (κ3) is 3.50. The summed E-state index contributed by atoms with van der Waals surface area (Å²) in [7, 11) is 0. The van der Waals surface area contributed by atoms with E-state index in [0.29, 0.717) is 19.1 Å². The van der Waals surface area contributed by atoms with Crippen LogP contribution in [0.3, 0.4) is 0 Å². The number of fused-ring (bicyclic) bond motifs is 1. The summed E-state index contributed by atoms with van der Waals surface area (Å²) in [5.74, 6) is 2.12. The third-order valence-electron chi connectivity index (χ3n) is 4.07. The molecule has 0 aliphatic carbocycles. The number of carbonyl (C=O) groups is 1. The molecule has 0 saturated carbocycles. The first-order valence-corrected chi connectivity index (χ1v) is 8.60. The summed E-state index contributed by atoms with van der Waals surface area (Å²) in [6.45, 7) is 3.89. The normalized spacial score (nSPS) is 16.0. The standard InChI is InChI=1S/C17H18N2O3S.ClH/c20-17(19-10-11-8-18-9-11)16-4-3-15(23-16)12-1-2-13-14(7-12)22-6-5-21-13;/h1-4,7,11,18H,5-6,8-10H2,(H,19,20);1H. The summed E-state index contributed by atoms with van der Waals surface area (Å²) >= 11 is 1.50. The van der Waals surface area contributed by atoms with Gasteiger partial charge in [-0.1, -0.05) is 0 Å². The average molecular weight is 367 g/mol. The van der Waals surface area contributed by atoms with E-state index in [-0.39, 0.29) is 18.3 Å². The van der Waals surface area contributed by atoms with Crippen molar-refractivity contribution in [2.45, 2.75) is 0 Å². The highest BCUT2D eigenvalue weighted by Crippen LogP contribution is 2.36. The maximum absolute atomic E-state index is 12.2. The highest BCUT2D eigenvalue weighted by Gasteiger charge is 2.19. The van der Waals surface area contributed by atoms with Gasteiger partial charge in [-0.05, 0) is 35.9 Å². The molecule has 1 aromatic carbocycles. The molecule has 1 fully saturated rings. The summed E-state index contributed by atoms with van der Waals surface area (Å²) in [6.07, 6.45) is 0. The molecule has 0 bridgehead atoms. The van der Waals surface area contributed by atoms with E-state index >= 15 is 0 Å². The lowest BCUT2D eigenvalue weighted by molar-refractivity contribution is 0.0946. The minimum absolute atomic E-state index is 0. The monoisotopic (exact) mass is 366 g/mol. The van der Waals surface area contributed by atoms with E-state index < -0.39 is 0 Å². The van der Waals surface area contributed by atoms with Crippen molar-refractivity contribution in [1.29, 1.82) is 0 Å². The number of amides is 1. The Bertz CT molecular complexity index is 730. The van der Waals surface area contributed by atoms with E-state index in [1.54, 1.807) is 0 Å². The average Bonchev–Trinajstić information content (AvgIpc) is 3.03. The summed E-state index contributed by atoms with van der Waals surface area (Å²) in [5.41, 5.74) is 1.04. The second-order valence-electron chi connectivity index (χ2n) is 5.76. The quantitative estimate of drug-likeness (QED) is 0.873. The van der Waals surface area contributed by atoms with Gasteiger partial charge in [0.05, 0.1) is 4.88 Å². The van der Waals surface area contributed by atoms with Gasteiger partial charge >= 0.3 is 0 Å². The highest BCUT2D eigenvalue weighted by atomic mass is 35.5. The van der Waals surface area contributed by atoms with Gasteiger partial charge in [0.15, 0.2) is 11.5 Å². The lowest BCUT2D eigenvalue weighted by Crippen LogP contribution is -2.48. The zero-order chi connectivity index (χ0) is 15.6. The van der Waals surface area contributed by atoms with Crippen LogP contribution in [0.1, 0.15) is 9.67 Å². The Morgan fingerprint density at radius 1 is 1.17 bits per heavy atom. The number of hydrogen-bond acceptors (Lipinski definition) is 5. The molecule has 2 aromatic rings. The predicted octanol–water partition coefficient (Wildman–Crippen LogP) is 2.56. The predicted molar refractivity (Wildman–Crippen MR) is 96.7 cm³/mol. The first-order valence-electron chi connectivity index (χ1n) is 7.78. The number of halogens is 1. The molecule has 4 rings (SSSR count). The van der Waals surface area contributed by atoms with Crippen LogP contribution in [0.25, 0.3) is 10.4 Å². The number of ether oxygens (including phenoxy) is 2. The fourth-order valence-corrected chi connectivity index (χ4v) is 3.55. The van der Waals surface area contributed by atoms with Crippen LogP contribution in [0.2, 0.25) is 0 Å². The van der Waals surface area contributed by atoms with Crippen LogP contribution >= 0.6 is 23.7 Å². The van der Waals surface area contributed by atoms with Crippen molar-refractivity contribution in [2.24, 2.45) is 5.92 Å².